The number of hydrogen-bond donors (Lipinski definition) is 3. The fourth-order valence-corrected chi connectivity index (χ4v) is 5.50. The van der Waals surface area contributed by atoms with Gasteiger partial charge in [-0.25, -0.2) is 9.37 Å². The molecule has 1 spiro atoms. The molecule has 1 aromatic heterocycles. The zero-order valence-electron chi connectivity index (χ0n) is 20.7. The van der Waals surface area contributed by atoms with E-state index in [1.165, 1.54) is 13.0 Å². The van der Waals surface area contributed by atoms with Crippen LogP contribution in [0.3, 0.4) is 0 Å². The number of anilines is 4. The van der Waals surface area contributed by atoms with Gasteiger partial charge in [-0.15, -0.1) is 0 Å². The summed E-state index contributed by atoms with van der Waals surface area (Å²) in [5.74, 6) is 0.543. The van der Waals surface area contributed by atoms with E-state index in [4.69, 9.17) is 4.98 Å². The second kappa shape index (κ2) is 10.4. The first-order valence-electron chi connectivity index (χ1n) is 12.8. The molecule has 5 rings (SSSR count). The number of amides is 2. The van der Waals surface area contributed by atoms with E-state index in [0.717, 1.165) is 63.8 Å². The number of aromatic nitrogens is 2. The molecule has 1 saturated carbocycles. The Bertz CT molecular complexity index is 1110. The fraction of sp³-hybridized carbons (Fsp3) is 0.538. The summed E-state index contributed by atoms with van der Waals surface area (Å²) >= 11 is 0. The highest BCUT2D eigenvalue weighted by Gasteiger charge is 2.48. The fourth-order valence-electron chi connectivity index (χ4n) is 5.50. The van der Waals surface area contributed by atoms with Crippen molar-refractivity contribution in [3.63, 3.8) is 0 Å². The number of hydrogen-bond acceptors (Lipinski definition) is 7. The van der Waals surface area contributed by atoms with Crippen LogP contribution in [0.4, 0.5) is 27.5 Å². The van der Waals surface area contributed by atoms with Crippen molar-refractivity contribution in [2.24, 2.45) is 5.41 Å². The molecule has 0 radical (unpaired) electrons. The van der Waals surface area contributed by atoms with Crippen molar-refractivity contribution in [1.29, 1.82) is 0 Å². The smallest absolute Gasteiger partial charge is 0.229 e. The number of rotatable bonds is 10. The number of nitrogens with zero attached hydrogens (tertiary/aromatic N) is 4. The molecule has 10 heteroatoms. The lowest BCUT2D eigenvalue weighted by Crippen LogP contribution is -2.71. The zero-order chi connectivity index (χ0) is 25.1. The van der Waals surface area contributed by atoms with Crippen LogP contribution in [0, 0.1) is 11.2 Å². The minimum absolute atomic E-state index is 0.0709. The van der Waals surface area contributed by atoms with E-state index in [1.807, 2.05) is 6.07 Å². The molecule has 0 atom stereocenters. The minimum Gasteiger partial charge on any atom is -0.368 e. The summed E-state index contributed by atoms with van der Waals surface area (Å²) in [5.41, 5.74) is 2.34. The van der Waals surface area contributed by atoms with Crippen molar-refractivity contribution in [1.82, 2.24) is 20.6 Å². The number of nitrogens with one attached hydrogen (secondary N) is 3. The lowest BCUT2D eigenvalue weighted by molar-refractivity contribution is -0.119. The largest absolute Gasteiger partial charge is 0.368 e. The molecule has 36 heavy (non-hydrogen) atoms. The van der Waals surface area contributed by atoms with Gasteiger partial charge in [0, 0.05) is 68.6 Å². The highest BCUT2D eigenvalue weighted by atomic mass is 19.1. The van der Waals surface area contributed by atoms with Gasteiger partial charge in [-0.05, 0) is 43.9 Å². The number of benzene rings is 1. The van der Waals surface area contributed by atoms with Gasteiger partial charge < -0.3 is 20.9 Å². The van der Waals surface area contributed by atoms with Gasteiger partial charge >= 0.3 is 0 Å². The van der Waals surface area contributed by atoms with E-state index in [1.54, 1.807) is 17.2 Å². The first-order valence-corrected chi connectivity index (χ1v) is 12.8. The molecular weight excluding hydrogens is 461 g/mol. The number of carbonyl (C=O) groups excluding carboxylic acids is 2. The van der Waals surface area contributed by atoms with E-state index in [2.05, 4.69) is 25.8 Å². The van der Waals surface area contributed by atoms with Crippen LogP contribution in [0.2, 0.25) is 0 Å². The average molecular weight is 496 g/mol. The molecule has 192 valence electrons. The number of aryl methyl sites for hydroxylation is 1. The molecule has 0 bridgehead atoms. The molecule has 2 aromatic rings. The maximum Gasteiger partial charge on any atom is 0.229 e. The lowest BCUT2D eigenvalue weighted by Gasteiger charge is -2.57. The third-order valence-electron chi connectivity index (χ3n) is 7.51. The SMILES string of the molecule is CC(=O)NCCCc1cnc(Nc2ccc(N3CC4(CNC4)C3)c(F)c2)nc1N(C=O)C1CCCC1. The summed E-state index contributed by atoms with van der Waals surface area (Å²) in [7, 11) is 0. The Morgan fingerprint density at radius 3 is 2.72 bits per heavy atom. The summed E-state index contributed by atoms with van der Waals surface area (Å²) in [5, 5.41) is 9.21. The second-order valence-electron chi connectivity index (χ2n) is 10.3. The van der Waals surface area contributed by atoms with Crippen molar-refractivity contribution in [3.8, 4) is 0 Å². The van der Waals surface area contributed by atoms with Gasteiger partial charge in [-0.1, -0.05) is 12.8 Å². The highest BCUT2D eigenvalue weighted by molar-refractivity contribution is 5.76. The van der Waals surface area contributed by atoms with Gasteiger partial charge in [0.2, 0.25) is 18.3 Å². The van der Waals surface area contributed by atoms with Crippen LogP contribution in [-0.4, -0.2) is 61.1 Å². The molecule has 3 fully saturated rings. The summed E-state index contributed by atoms with van der Waals surface area (Å²) < 4.78 is 14.9. The van der Waals surface area contributed by atoms with Crippen molar-refractivity contribution >= 4 is 35.5 Å². The molecule has 2 aliphatic heterocycles. The maximum absolute atomic E-state index is 14.9. The monoisotopic (exact) mass is 495 g/mol. The third-order valence-corrected chi connectivity index (χ3v) is 7.51. The standard InChI is InChI=1S/C26H34FN7O2/c1-18(36)29-10-4-5-19-12-30-25(32-24(19)34(17-35)21-6-2-3-7-21)31-20-8-9-23(22(27)11-20)33-15-26(16-33)13-28-14-26/h8-9,11-12,17,21,28H,2-7,10,13-16H2,1H3,(H,29,36)(H,30,31,32). The second-order valence-corrected chi connectivity index (χ2v) is 10.3. The molecule has 3 heterocycles. The van der Waals surface area contributed by atoms with E-state index in [9.17, 15) is 14.0 Å². The first kappa shape index (κ1) is 24.4. The molecule has 1 aromatic carbocycles. The van der Waals surface area contributed by atoms with Gasteiger partial charge in [0.25, 0.3) is 0 Å². The maximum atomic E-state index is 14.9. The Morgan fingerprint density at radius 2 is 2.08 bits per heavy atom. The van der Waals surface area contributed by atoms with E-state index >= 15 is 0 Å². The Morgan fingerprint density at radius 1 is 1.31 bits per heavy atom. The Balaban J connectivity index is 1.32. The quantitative estimate of drug-likeness (QED) is 0.344. The van der Waals surface area contributed by atoms with E-state index < -0.39 is 0 Å². The molecule has 1 aliphatic carbocycles. The van der Waals surface area contributed by atoms with Crippen LogP contribution in [0.25, 0.3) is 0 Å². The summed E-state index contributed by atoms with van der Waals surface area (Å²) in [6.45, 7) is 5.80. The zero-order valence-corrected chi connectivity index (χ0v) is 20.7. The van der Waals surface area contributed by atoms with Crippen LogP contribution in [0.5, 0.6) is 0 Å². The van der Waals surface area contributed by atoms with Crippen LogP contribution in [-0.2, 0) is 16.0 Å². The van der Waals surface area contributed by atoms with Gasteiger partial charge in [0.05, 0.1) is 5.69 Å². The predicted octanol–water partition coefficient (Wildman–Crippen LogP) is 2.74. The molecule has 0 unspecified atom stereocenters. The topological polar surface area (TPSA) is 102 Å². The molecular formula is C26H34FN7O2. The predicted molar refractivity (Wildman–Crippen MR) is 137 cm³/mol. The van der Waals surface area contributed by atoms with E-state index in [-0.39, 0.29) is 17.8 Å². The van der Waals surface area contributed by atoms with Crippen LogP contribution >= 0.6 is 0 Å². The van der Waals surface area contributed by atoms with Crippen molar-refractivity contribution in [2.45, 2.75) is 51.5 Å². The summed E-state index contributed by atoms with van der Waals surface area (Å²) in [4.78, 5) is 36.2. The highest BCUT2D eigenvalue weighted by Crippen LogP contribution is 2.39. The molecule has 9 nitrogen and oxygen atoms in total. The van der Waals surface area contributed by atoms with Crippen LogP contribution in [0.15, 0.2) is 24.4 Å². The minimum atomic E-state index is -0.280. The molecule has 2 amide bonds. The molecule has 3 aliphatic rings. The van der Waals surface area contributed by atoms with Crippen LogP contribution in [0.1, 0.15) is 44.6 Å². The summed E-state index contributed by atoms with van der Waals surface area (Å²) in [6, 6.07) is 5.21. The number of carbonyl (C=O) groups is 2. The normalized spacial score (nSPS) is 18.4. The van der Waals surface area contributed by atoms with Crippen molar-refractivity contribution in [2.75, 3.05) is 47.8 Å². The van der Waals surface area contributed by atoms with Crippen molar-refractivity contribution in [3.05, 3.63) is 35.8 Å². The van der Waals surface area contributed by atoms with Gasteiger partial charge in [0.15, 0.2) is 0 Å². The van der Waals surface area contributed by atoms with Crippen LogP contribution < -0.4 is 25.8 Å². The Hall–Kier alpha value is -3.27. The Labute approximate surface area is 210 Å². The lowest BCUT2D eigenvalue weighted by atomic mass is 9.74. The third kappa shape index (κ3) is 5.13. The summed E-state index contributed by atoms with van der Waals surface area (Å²) in [6.07, 6.45) is 7.97. The average Bonchev–Trinajstić information content (AvgIpc) is 3.32. The number of halogens is 1. The molecule has 3 N–H and O–H groups in total. The van der Waals surface area contributed by atoms with Gasteiger partial charge in [-0.2, -0.15) is 4.98 Å². The van der Waals surface area contributed by atoms with Crippen molar-refractivity contribution < 1.29 is 14.0 Å². The Kier molecular flexibility index (Phi) is 7.04. The molecule has 2 saturated heterocycles. The van der Waals surface area contributed by atoms with E-state index in [0.29, 0.717) is 47.9 Å². The van der Waals surface area contributed by atoms with Gasteiger partial charge in [0.1, 0.15) is 11.6 Å². The first-order chi connectivity index (χ1) is 17.5. The van der Waals surface area contributed by atoms with Gasteiger partial charge in [-0.3, -0.25) is 14.5 Å².